The molecule has 2 nitrogen and oxygen atoms in total. The molecule has 1 aliphatic carbocycles. The standard InChI is InChI=1S/C15H19ClN2/c1-3-11-9-13(11)18-14(7-8-16)17-12-6-4-5-10(2)15(12)18/h4-6,11,13H,3,7-9H2,1-2H3. The van der Waals surface area contributed by atoms with Gasteiger partial charge in [-0.15, -0.1) is 11.6 Å². The van der Waals surface area contributed by atoms with Gasteiger partial charge in [-0.25, -0.2) is 4.98 Å². The lowest BCUT2D eigenvalue weighted by Gasteiger charge is -2.09. The van der Waals surface area contributed by atoms with Crippen molar-refractivity contribution in [3.63, 3.8) is 0 Å². The van der Waals surface area contributed by atoms with E-state index in [-0.39, 0.29) is 0 Å². The summed E-state index contributed by atoms with van der Waals surface area (Å²) in [7, 11) is 0. The summed E-state index contributed by atoms with van der Waals surface area (Å²) in [6, 6.07) is 7.03. The van der Waals surface area contributed by atoms with E-state index in [1.54, 1.807) is 0 Å². The molecule has 0 spiro atoms. The van der Waals surface area contributed by atoms with Crippen LogP contribution >= 0.6 is 11.6 Å². The first-order chi connectivity index (χ1) is 8.76. The van der Waals surface area contributed by atoms with E-state index in [2.05, 4.69) is 36.6 Å². The van der Waals surface area contributed by atoms with Crippen molar-refractivity contribution in [2.24, 2.45) is 5.92 Å². The van der Waals surface area contributed by atoms with Crippen molar-refractivity contribution in [2.45, 2.75) is 39.2 Å². The van der Waals surface area contributed by atoms with Crippen molar-refractivity contribution in [1.29, 1.82) is 0 Å². The molecule has 0 N–H and O–H groups in total. The minimum absolute atomic E-state index is 0.645. The Bertz CT molecular complexity index is 573. The van der Waals surface area contributed by atoms with Crippen LogP contribution in [0.25, 0.3) is 11.0 Å². The summed E-state index contributed by atoms with van der Waals surface area (Å²) in [5.74, 6) is 2.64. The van der Waals surface area contributed by atoms with Crippen LogP contribution < -0.4 is 0 Å². The van der Waals surface area contributed by atoms with Crippen LogP contribution in [0.3, 0.4) is 0 Å². The van der Waals surface area contributed by atoms with Gasteiger partial charge in [0, 0.05) is 18.3 Å². The van der Waals surface area contributed by atoms with Crippen molar-refractivity contribution in [2.75, 3.05) is 5.88 Å². The molecular weight excluding hydrogens is 244 g/mol. The molecule has 2 atom stereocenters. The second kappa shape index (κ2) is 4.58. The largest absolute Gasteiger partial charge is 0.324 e. The number of aryl methyl sites for hydroxylation is 2. The third kappa shape index (κ3) is 1.83. The highest BCUT2D eigenvalue weighted by Gasteiger charge is 2.39. The zero-order valence-electron chi connectivity index (χ0n) is 11.0. The Morgan fingerprint density at radius 2 is 2.28 bits per heavy atom. The molecule has 3 rings (SSSR count). The molecule has 18 heavy (non-hydrogen) atoms. The van der Waals surface area contributed by atoms with E-state index in [4.69, 9.17) is 16.6 Å². The molecule has 0 saturated heterocycles. The van der Waals surface area contributed by atoms with Crippen molar-refractivity contribution >= 4 is 22.6 Å². The number of para-hydroxylation sites is 1. The van der Waals surface area contributed by atoms with Gasteiger partial charge in [-0.2, -0.15) is 0 Å². The highest BCUT2D eigenvalue weighted by molar-refractivity contribution is 6.17. The quantitative estimate of drug-likeness (QED) is 0.759. The molecule has 0 radical (unpaired) electrons. The van der Waals surface area contributed by atoms with Crippen molar-refractivity contribution in [3.05, 3.63) is 29.6 Å². The van der Waals surface area contributed by atoms with E-state index in [1.165, 1.54) is 23.9 Å². The van der Waals surface area contributed by atoms with Gasteiger partial charge in [0.1, 0.15) is 5.82 Å². The molecule has 1 fully saturated rings. The fourth-order valence-corrected chi connectivity index (χ4v) is 3.14. The Morgan fingerprint density at radius 1 is 1.44 bits per heavy atom. The smallest absolute Gasteiger partial charge is 0.111 e. The zero-order valence-corrected chi connectivity index (χ0v) is 11.7. The number of aromatic nitrogens is 2. The Labute approximate surface area is 113 Å². The van der Waals surface area contributed by atoms with Crippen LogP contribution in [0.5, 0.6) is 0 Å². The van der Waals surface area contributed by atoms with Crippen LogP contribution in [-0.4, -0.2) is 15.4 Å². The summed E-state index contributed by atoms with van der Waals surface area (Å²) in [5.41, 5.74) is 3.76. The summed E-state index contributed by atoms with van der Waals surface area (Å²) < 4.78 is 2.46. The van der Waals surface area contributed by atoms with Gasteiger partial charge in [0.25, 0.3) is 0 Å². The topological polar surface area (TPSA) is 17.8 Å². The molecule has 1 aromatic carbocycles. The second-order valence-corrected chi connectivity index (χ2v) is 5.63. The number of imidazole rings is 1. The second-order valence-electron chi connectivity index (χ2n) is 5.25. The maximum absolute atomic E-state index is 5.92. The van der Waals surface area contributed by atoms with Gasteiger partial charge in [0.2, 0.25) is 0 Å². The summed E-state index contributed by atoms with van der Waals surface area (Å²) in [4.78, 5) is 4.77. The fourth-order valence-electron chi connectivity index (χ4n) is 2.97. The molecule has 1 aliphatic rings. The lowest BCUT2D eigenvalue weighted by molar-refractivity contribution is 0.628. The van der Waals surface area contributed by atoms with Crippen LogP contribution in [0.15, 0.2) is 18.2 Å². The van der Waals surface area contributed by atoms with Crippen LogP contribution in [0.1, 0.15) is 37.2 Å². The van der Waals surface area contributed by atoms with Crippen LogP contribution in [0.2, 0.25) is 0 Å². The summed E-state index contributed by atoms with van der Waals surface area (Å²) >= 11 is 5.92. The number of benzene rings is 1. The first-order valence-corrected chi connectivity index (χ1v) is 7.32. The number of fused-ring (bicyclic) bond motifs is 1. The number of halogens is 1. The van der Waals surface area contributed by atoms with Crippen LogP contribution in [0.4, 0.5) is 0 Å². The molecule has 3 heteroatoms. The van der Waals surface area contributed by atoms with E-state index in [9.17, 15) is 0 Å². The fraction of sp³-hybridized carbons (Fsp3) is 0.533. The Balaban J connectivity index is 2.15. The van der Waals surface area contributed by atoms with Crippen molar-refractivity contribution in [3.8, 4) is 0 Å². The van der Waals surface area contributed by atoms with Gasteiger partial charge in [0.15, 0.2) is 0 Å². The normalized spacial score (nSPS) is 22.6. The highest BCUT2D eigenvalue weighted by atomic mass is 35.5. The summed E-state index contributed by atoms with van der Waals surface area (Å²) in [6.45, 7) is 4.45. The maximum Gasteiger partial charge on any atom is 0.111 e. The molecule has 2 aromatic rings. The van der Waals surface area contributed by atoms with Crippen LogP contribution in [-0.2, 0) is 6.42 Å². The summed E-state index contributed by atoms with van der Waals surface area (Å²) in [5, 5.41) is 0. The first-order valence-electron chi connectivity index (χ1n) is 6.78. The minimum Gasteiger partial charge on any atom is -0.324 e. The first kappa shape index (κ1) is 12.0. The van der Waals surface area contributed by atoms with Gasteiger partial charge in [0.05, 0.1) is 11.0 Å². The van der Waals surface area contributed by atoms with E-state index in [1.807, 2.05) is 0 Å². The number of alkyl halides is 1. The molecule has 1 saturated carbocycles. The van der Waals surface area contributed by atoms with Gasteiger partial charge >= 0.3 is 0 Å². The Kier molecular flexibility index (Phi) is 3.06. The van der Waals surface area contributed by atoms with E-state index in [0.717, 1.165) is 23.7 Å². The average molecular weight is 263 g/mol. The summed E-state index contributed by atoms with van der Waals surface area (Å²) in [6.07, 6.45) is 3.42. The Hall–Kier alpha value is -1.02. The average Bonchev–Trinajstić information content (AvgIpc) is 3.04. The predicted molar refractivity (Wildman–Crippen MR) is 76.3 cm³/mol. The van der Waals surface area contributed by atoms with Crippen LogP contribution in [0, 0.1) is 12.8 Å². The number of hydrogen-bond donors (Lipinski definition) is 0. The highest BCUT2D eigenvalue weighted by Crippen LogP contribution is 2.48. The molecule has 0 aliphatic heterocycles. The van der Waals surface area contributed by atoms with Gasteiger partial charge in [-0.05, 0) is 30.9 Å². The third-order valence-electron chi connectivity index (χ3n) is 4.04. The zero-order chi connectivity index (χ0) is 12.7. The van der Waals surface area contributed by atoms with E-state index >= 15 is 0 Å². The molecule has 2 unspecified atom stereocenters. The number of hydrogen-bond acceptors (Lipinski definition) is 1. The van der Waals surface area contributed by atoms with E-state index in [0.29, 0.717) is 11.9 Å². The van der Waals surface area contributed by atoms with E-state index < -0.39 is 0 Å². The molecule has 1 heterocycles. The monoisotopic (exact) mass is 262 g/mol. The van der Waals surface area contributed by atoms with Gasteiger partial charge in [-0.1, -0.05) is 25.5 Å². The maximum atomic E-state index is 5.92. The molecule has 1 aromatic heterocycles. The molecule has 0 bridgehead atoms. The predicted octanol–water partition coefficient (Wildman–Crippen LogP) is 4.10. The van der Waals surface area contributed by atoms with Crippen molar-refractivity contribution < 1.29 is 0 Å². The SMILES string of the molecule is CCC1CC1n1c(CCCl)nc2cccc(C)c21. The van der Waals surface area contributed by atoms with Gasteiger partial charge < -0.3 is 4.57 Å². The lowest BCUT2D eigenvalue weighted by Crippen LogP contribution is -2.04. The minimum atomic E-state index is 0.645. The Morgan fingerprint density at radius 3 is 2.94 bits per heavy atom. The van der Waals surface area contributed by atoms with Gasteiger partial charge in [-0.3, -0.25) is 0 Å². The number of nitrogens with zero attached hydrogens (tertiary/aromatic N) is 2. The number of rotatable bonds is 4. The van der Waals surface area contributed by atoms with Crippen molar-refractivity contribution in [1.82, 2.24) is 9.55 Å². The lowest BCUT2D eigenvalue weighted by atomic mass is 10.2. The third-order valence-corrected chi connectivity index (χ3v) is 4.23. The molecule has 0 amide bonds. The molecule has 96 valence electrons. The molecular formula is C15H19ClN2.